The highest BCUT2D eigenvalue weighted by Crippen LogP contribution is 2.47. The van der Waals surface area contributed by atoms with Gasteiger partial charge in [0.2, 0.25) is 0 Å². The predicted molar refractivity (Wildman–Crippen MR) is 348 cm³/mol. The second-order valence-electron chi connectivity index (χ2n) is 21.3. The molecule has 0 saturated heterocycles. The summed E-state index contributed by atoms with van der Waals surface area (Å²) in [5, 5.41) is 12.1. The van der Waals surface area contributed by atoms with Crippen molar-refractivity contribution in [2.75, 3.05) is 9.80 Å². The Morgan fingerprint density at radius 3 is 1.09 bits per heavy atom. The number of rotatable bonds is 10. The fraction of sp³-hybridized carbons (Fsp3) is 0. The van der Waals surface area contributed by atoms with Crippen molar-refractivity contribution in [2.24, 2.45) is 0 Å². The molecule has 2 heterocycles. The number of para-hydroxylation sites is 3. The minimum absolute atomic E-state index is 1.04. The maximum Gasteiger partial charge on any atom is 0.0542 e. The standard InChI is InChI=1S/C78H52N4/c1-4-26-58(27-5-1)79(63-42-46-77-72(51-63)70-48-56(67-37-16-23-53-20-10-13-34-65(53)67)40-44-75(70)81(77)59-28-6-2-7-29-59)61-32-19-33-62(50-61)80(74-39-18-25-55-22-12-15-36-69(55)74)64-43-47-78-73(52-64)71-49-57(68-38-17-24-54-21-11-14-35-66(54)68)41-45-76(71)82(78)60-30-8-3-9-31-60/h1-52H. The van der Waals surface area contributed by atoms with Crippen molar-refractivity contribution in [3.05, 3.63) is 315 Å². The summed E-state index contributed by atoms with van der Waals surface area (Å²) in [5.74, 6) is 0. The van der Waals surface area contributed by atoms with E-state index in [1.54, 1.807) is 0 Å². The zero-order valence-electron chi connectivity index (χ0n) is 44.8. The normalized spacial score (nSPS) is 11.7. The first kappa shape index (κ1) is 47.1. The molecule has 0 amide bonds. The van der Waals surface area contributed by atoms with E-state index < -0.39 is 0 Å². The van der Waals surface area contributed by atoms with Crippen molar-refractivity contribution in [1.82, 2.24) is 9.13 Å². The SMILES string of the molecule is c1ccc(N(c2cccc(N(c3ccc4c(c3)c3cc(-c5cccc6ccccc56)ccc3n4-c3ccccc3)c3cccc4ccccc34)c2)c2ccc3c(c2)c2cc(-c4cccc5ccccc45)ccc2n3-c2ccccc2)cc1. The average molecular weight is 1050 g/mol. The van der Waals surface area contributed by atoms with Crippen molar-refractivity contribution >= 4 is 110 Å². The molecule has 0 aliphatic carbocycles. The molecule has 82 heavy (non-hydrogen) atoms. The van der Waals surface area contributed by atoms with Crippen LogP contribution >= 0.6 is 0 Å². The van der Waals surface area contributed by atoms with E-state index >= 15 is 0 Å². The van der Waals surface area contributed by atoms with Crippen LogP contribution < -0.4 is 9.80 Å². The quantitative estimate of drug-likeness (QED) is 0.136. The molecule has 2 aromatic heterocycles. The highest BCUT2D eigenvalue weighted by atomic mass is 15.2. The van der Waals surface area contributed by atoms with Gasteiger partial charge in [0.15, 0.2) is 0 Å². The first-order valence-electron chi connectivity index (χ1n) is 28.2. The number of aromatic nitrogens is 2. The Labute approximate surface area is 475 Å². The molecule has 0 atom stereocenters. The number of anilines is 6. The molecular weight excluding hydrogens is 993 g/mol. The Kier molecular flexibility index (Phi) is 11.2. The monoisotopic (exact) mass is 1040 g/mol. The molecule has 0 fully saturated rings. The second kappa shape index (κ2) is 19.5. The van der Waals surface area contributed by atoms with Gasteiger partial charge in [-0.05, 0) is 171 Å². The highest BCUT2D eigenvalue weighted by Gasteiger charge is 2.23. The van der Waals surface area contributed by atoms with E-state index in [0.29, 0.717) is 0 Å². The van der Waals surface area contributed by atoms with Crippen LogP contribution in [0, 0.1) is 0 Å². The van der Waals surface area contributed by atoms with Gasteiger partial charge in [0.1, 0.15) is 0 Å². The van der Waals surface area contributed by atoms with Crippen LogP contribution in [0.15, 0.2) is 315 Å². The maximum absolute atomic E-state index is 2.46. The third-order valence-electron chi connectivity index (χ3n) is 16.6. The molecule has 0 unspecified atom stereocenters. The summed E-state index contributed by atoms with van der Waals surface area (Å²) >= 11 is 0. The number of hydrogen-bond donors (Lipinski definition) is 0. The molecule has 4 nitrogen and oxygen atoms in total. The van der Waals surface area contributed by atoms with Crippen LogP contribution in [-0.4, -0.2) is 9.13 Å². The van der Waals surface area contributed by atoms with Gasteiger partial charge in [-0.2, -0.15) is 0 Å². The number of benzene rings is 14. The Morgan fingerprint density at radius 1 is 0.207 bits per heavy atom. The number of nitrogens with zero attached hydrogens (tertiary/aromatic N) is 4. The van der Waals surface area contributed by atoms with Gasteiger partial charge in [-0.15, -0.1) is 0 Å². The van der Waals surface area contributed by atoms with Crippen molar-refractivity contribution in [2.45, 2.75) is 0 Å². The van der Waals surface area contributed by atoms with E-state index in [9.17, 15) is 0 Å². The van der Waals surface area contributed by atoms with Gasteiger partial charge in [-0.1, -0.05) is 194 Å². The van der Waals surface area contributed by atoms with Crippen LogP contribution in [0.1, 0.15) is 0 Å². The fourth-order valence-electron chi connectivity index (χ4n) is 12.9. The van der Waals surface area contributed by atoms with Gasteiger partial charge in [0, 0.05) is 66.7 Å². The van der Waals surface area contributed by atoms with Gasteiger partial charge in [0.25, 0.3) is 0 Å². The lowest BCUT2D eigenvalue weighted by Crippen LogP contribution is -2.13. The maximum atomic E-state index is 2.46. The summed E-state index contributed by atoms with van der Waals surface area (Å²) in [6, 6.07) is 116. The molecule has 384 valence electrons. The molecule has 0 radical (unpaired) electrons. The van der Waals surface area contributed by atoms with Crippen molar-refractivity contribution in [1.29, 1.82) is 0 Å². The summed E-state index contributed by atoms with van der Waals surface area (Å²) < 4.78 is 4.83. The van der Waals surface area contributed by atoms with Crippen molar-refractivity contribution in [3.63, 3.8) is 0 Å². The van der Waals surface area contributed by atoms with Crippen LogP contribution in [0.25, 0.3) is 110 Å². The molecule has 14 aromatic carbocycles. The largest absolute Gasteiger partial charge is 0.310 e. The zero-order valence-corrected chi connectivity index (χ0v) is 44.8. The van der Waals surface area contributed by atoms with Crippen LogP contribution in [0.5, 0.6) is 0 Å². The van der Waals surface area contributed by atoms with Crippen LogP contribution in [-0.2, 0) is 0 Å². The molecule has 0 spiro atoms. The minimum Gasteiger partial charge on any atom is -0.310 e. The minimum atomic E-state index is 1.04. The molecule has 0 N–H and O–H groups in total. The zero-order chi connectivity index (χ0) is 54.1. The molecule has 0 aliphatic heterocycles. The molecule has 0 saturated carbocycles. The lowest BCUT2D eigenvalue weighted by atomic mass is 9.97. The first-order valence-corrected chi connectivity index (χ1v) is 28.2. The fourth-order valence-corrected chi connectivity index (χ4v) is 12.9. The number of hydrogen-bond acceptors (Lipinski definition) is 2. The molecule has 16 aromatic rings. The van der Waals surface area contributed by atoms with Crippen molar-refractivity contribution in [3.8, 4) is 33.6 Å². The topological polar surface area (TPSA) is 16.3 Å². The summed E-state index contributed by atoms with van der Waals surface area (Å²) in [5.41, 5.74) is 18.1. The lowest BCUT2D eigenvalue weighted by Gasteiger charge is -2.30. The van der Waals surface area contributed by atoms with Crippen molar-refractivity contribution < 1.29 is 0 Å². The second-order valence-corrected chi connectivity index (χ2v) is 21.3. The van der Waals surface area contributed by atoms with Crippen LogP contribution in [0.3, 0.4) is 0 Å². The molecule has 4 heteroatoms. The Balaban J connectivity index is 0.900. The van der Waals surface area contributed by atoms with E-state index in [0.717, 1.165) is 67.6 Å². The van der Waals surface area contributed by atoms with Gasteiger partial charge < -0.3 is 18.9 Å². The Morgan fingerprint density at radius 2 is 0.561 bits per heavy atom. The molecule has 16 rings (SSSR count). The van der Waals surface area contributed by atoms with Gasteiger partial charge >= 0.3 is 0 Å². The van der Waals surface area contributed by atoms with E-state index in [-0.39, 0.29) is 0 Å². The summed E-state index contributed by atoms with van der Waals surface area (Å²) in [7, 11) is 0. The lowest BCUT2D eigenvalue weighted by molar-refractivity contribution is 1.18. The first-order chi connectivity index (χ1) is 40.7. The predicted octanol–water partition coefficient (Wildman–Crippen LogP) is 21.6. The summed E-state index contributed by atoms with van der Waals surface area (Å²) in [6.45, 7) is 0. The highest BCUT2D eigenvalue weighted by molar-refractivity contribution is 6.15. The van der Waals surface area contributed by atoms with Gasteiger partial charge in [0.05, 0.1) is 27.8 Å². The summed E-state index contributed by atoms with van der Waals surface area (Å²) in [6.07, 6.45) is 0. The van der Waals surface area contributed by atoms with E-state index in [4.69, 9.17) is 0 Å². The molecular formula is C78H52N4. The smallest absolute Gasteiger partial charge is 0.0542 e. The Hall–Kier alpha value is -10.9. The number of fused-ring (bicyclic) bond motifs is 9. The van der Waals surface area contributed by atoms with Gasteiger partial charge in [-0.3, -0.25) is 0 Å². The van der Waals surface area contributed by atoms with E-state index in [1.165, 1.54) is 76.1 Å². The summed E-state index contributed by atoms with van der Waals surface area (Å²) in [4.78, 5) is 4.87. The average Bonchev–Trinajstić information content (AvgIpc) is 4.10. The van der Waals surface area contributed by atoms with Gasteiger partial charge in [-0.25, -0.2) is 0 Å². The van der Waals surface area contributed by atoms with Crippen LogP contribution in [0.4, 0.5) is 34.1 Å². The van der Waals surface area contributed by atoms with E-state index in [1.807, 2.05) is 0 Å². The molecule has 0 bridgehead atoms. The third kappa shape index (κ3) is 7.84. The molecule has 0 aliphatic rings. The Bertz CT molecular complexity index is 5100. The van der Waals surface area contributed by atoms with Crippen LogP contribution in [0.2, 0.25) is 0 Å². The van der Waals surface area contributed by atoms with E-state index in [2.05, 4.69) is 334 Å². The third-order valence-corrected chi connectivity index (χ3v) is 16.6.